The van der Waals surface area contributed by atoms with Crippen molar-refractivity contribution in [1.29, 1.82) is 0 Å². The molecule has 2 aliphatic rings. The van der Waals surface area contributed by atoms with Gasteiger partial charge in [-0.15, -0.1) is 0 Å². The average Bonchev–Trinajstić information content (AvgIpc) is 3.35. The number of nitrogen functional groups attached to an aromatic ring is 2. The number of nitrogens with one attached hydrogen (secondary N) is 4. The number of aromatic nitrogens is 2. The summed E-state index contributed by atoms with van der Waals surface area (Å²) in [5.74, 6) is -3.45. The third-order valence-corrected chi connectivity index (χ3v) is 8.85. The van der Waals surface area contributed by atoms with E-state index >= 15 is 4.39 Å². The zero-order valence-corrected chi connectivity index (χ0v) is 27.5. The molecule has 0 aliphatic carbocycles. The molecule has 2 aliphatic heterocycles. The number of piperidine rings is 1. The van der Waals surface area contributed by atoms with Crippen molar-refractivity contribution < 1.29 is 33.2 Å². The molecule has 6 amide bonds. The monoisotopic (exact) mass is 695 g/mol. The number of carbonyl (C=O) groups is 6. The van der Waals surface area contributed by atoms with E-state index in [4.69, 9.17) is 11.5 Å². The summed E-state index contributed by atoms with van der Waals surface area (Å²) in [5.41, 5.74) is 14.4. The maximum absolute atomic E-state index is 15.2. The third kappa shape index (κ3) is 6.88. The molecule has 15 nitrogen and oxygen atoms in total. The van der Waals surface area contributed by atoms with E-state index in [0.717, 1.165) is 4.90 Å². The highest BCUT2D eigenvalue weighted by Crippen LogP contribution is 2.36. The highest BCUT2D eigenvalue weighted by Gasteiger charge is 2.45. The minimum atomic E-state index is -1.07. The topological polar surface area (TPSA) is 232 Å². The number of benzene rings is 2. The number of halogens is 1. The Kier molecular flexibility index (Phi) is 9.57. The Morgan fingerprint density at radius 2 is 1.76 bits per heavy atom. The summed E-state index contributed by atoms with van der Waals surface area (Å²) in [6.45, 7) is 2.16. The Balaban J connectivity index is 0.978. The van der Waals surface area contributed by atoms with Crippen molar-refractivity contribution >= 4 is 69.1 Å². The maximum Gasteiger partial charge on any atom is 0.264 e. The predicted octanol–water partition coefficient (Wildman–Crippen LogP) is 2.65. The van der Waals surface area contributed by atoms with E-state index in [-0.39, 0.29) is 85.2 Å². The fourth-order valence-corrected chi connectivity index (χ4v) is 6.14. The molecule has 1 fully saturated rings. The van der Waals surface area contributed by atoms with Crippen LogP contribution in [-0.4, -0.2) is 69.4 Å². The first kappa shape index (κ1) is 34.4. The van der Waals surface area contributed by atoms with Gasteiger partial charge in [-0.3, -0.25) is 44.0 Å². The first-order valence-corrected chi connectivity index (χ1v) is 16.2. The zero-order chi connectivity index (χ0) is 36.4. The smallest absolute Gasteiger partial charge is 0.264 e. The van der Waals surface area contributed by atoms with Crippen LogP contribution in [-0.2, 0) is 19.2 Å². The van der Waals surface area contributed by atoms with Crippen LogP contribution in [0.3, 0.4) is 0 Å². The van der Waals surface area contributed by atoms with Gasteiger partial charge >= 0.3 is 0 Å². The number of amides is 6. The van der Waals surface area contributed by atoms with Gasteiger partial charge in [0.1, 0.15) is 11.9 Å². The molecule has 51 heavy (non-hydrogen) atoms. The highest BCUT2D eigenvalue weighted by molar-refractivity contribution is 6.25. The van der Waals surface area contributed by atoms with Gasteiger partial charge in [0.2, 0.25) is 23.6 Å². The van der Waals surface area contributed by atoms with E-state index in [1.165, 1.54) is 24.7 Å². The van der Waals surface area contributed by atoms with Gasteiger partial charge in [0.15, 0.2) is 5.82 Å². The Bertz CT molecular complexity index is 2140. The van der Waals surface area contributed by atoms with Crippen molar-refractivity contribution in [3.05, 3.63) is 71.4 Å². The van der Waals surface area contributed by atoms with Crippen LogP contribution in [0.1, 0.15) is 58.4 Å². The Morgan fingerprint density at radius 3 is 2.55 bits per heavy atom. The molecule has 4 aromatic rings. The quantitative estimate of drug-likeness (QED) is 0.0759. The molecule has 8 N–H and O–H groups in total. The van der Waals surface area contributed by atoms with Crippen molar-refractivity contribution in [1.82, 2.24) is 25.5 Å². The summed E-state index contributed by atoms with van der Waals surface area (Å²) in [6, 6.07) is 6.82. The van der Waals surface area contributed by atoms with E-state index in [9.17, 15) is 28.8 Å². The lowest BCUT2D eigenvalue weighted by Gasteiger charge is -2.27. The Labute approximate surface area is 290 Å². The van der Waals surface area contributed by atoms with Crippen LogP contribution in [0.15, 0.2) is 48.9 Å². The lowest BCUT2D eigenvalue weighted by molar-refractivity contribution is -0.136. The van der Waals surface area contributed by atoms with Crippen LogP contribution < -0.4 is 32.7 Å². The van der Waals surface area contributed by atoms with Crippen LogP contribution in [0.2, 0.25) is 0 Å². The summed E-state index contributed by atoms with van der Waals surface area (Å²) in [5, 5.41) is 11.6. The molecule has 2 aromatic heterocycles. The standard InChI is InChI=1S/C35H34FN9O6/c1-17-21(14-39-16-23(17)37)20-12-18-13-26(42-15-22(18)32(38)31(20)36)43-28(47)7-3-6-27(46)41-11-10-40-24-5-2-4-19-30(24)35(51)45(34(19)50)25-8-9-29(48)44-33(25)49/h2,4-5,12-16,25,40H,3,6-11,37-38H2,1H3,(H,41,46)(H,42,43,47)(H,44,48,49). The minimum absolute atomic E-state index is 0.0192. The normalized spacial score (nSPS) is 15.5. The molecule has 4 heterocycles. The molecule has 0 bridgehead atoms. The number of fused-ring (bicyclic) bond motifs is 2. The number of hydrogen-bond donors (Lipinski definition) is 6. The number of nitrogens with two attached hydrogens (primary N) is 2. The molecule has 2 aromatic carbocycles. The summed E-state index contributed by atoms with van der Waals surface area (Å²) in [7, 11) is 0. The lowest BCUT2D eigenvalue weighted by atomic mass is 9.97. The SMILES string of the molecule is Cc1c(N)cncc1-c1cc2cc(NC(=O)CCCC(=O)NCCNc3cccc4c3C(=O)N(C3CCC(=O)NC3=O)C4=O)ncc2c(N)c1F. The van der Waals surface area contributed by atoms with Crippen LogP contribution in [0.5, 0.6) is 0 Å². The molecule has 0 saturated carbocycles. The van der Waals surface area contributed by atoms with Gasteiger partial charge in [0.25, 0.3) is 11.8 Å². The fraction of sp³-hybridized carbons (Fsp3) is 0.257. The summed E-state index contributed by atoms with van der Waals surface area (Å²) >= 11 is 0. The van der Waals surface area contributed by atoms with Crippen molar-refractivity contribution in [2.75, 3.05) is 35.2 Å². The minimum Gasteiger partial charge on any atom is -0.397 e. The van der Waals surface area contributed by atoms with Gasteiger partial charge < -0.3 is 27.4 Å². The van der Waals surface area contributed by atoms with Crippen molar-refractivity contribution in [3.8, 4) is 11.1 Å². The van der Waals surface area contributed by atoms with E-state index < -0.39 is 35.5 Å². The van der Waals surface area contributed by atoms with E-state index in [0.29, 0.717) is 33.3 Å². The number of hydrogen-bond acceptors (Lipinski definition) is 11. The molecule has 0 radical (unpaired) electrons. The Hall–Kier alpha value is -6.45. The molecule has 262 valence electrons. The molecule has 16 heteroatoms. The molecule has 1 atom stereocenters. The maximum atomic E-state index is 15.2. The van der Waals surface area contributed by atoms with Gasteiger partial charge in [-0.05, 0) is 55.0 Å². The first-order chi connectivity index (χ1) is 24.4. The first-order valence-electron chi connectivity index (χ1n) is 16.2. The van der Waals surface area contributed by atoms with Crippen LogP contribution in [0, 0.1) is 12.7 Å². The molecule has 6 rings (SSSR count). The molecular weight excluding hydrogens is 661 g/mol. The van der Waals surface area contributed by atoms with Crippen LogP contribution >= 0.6 is 0 Å². The second-order valence-corrected chi connectivity index (χ2v) is 12.2. The predicted molar refractivity (Wildman–Crippen MR) is 186 cm³/mol. The van der Waals surface area contributed by atoms with Gasteiger partial charge in [-0.25, -0.2) is 9.37 Å². The highest BCUT2D eigenvalue weighted by atomic mass is 19.1. The third-order valence-electron chi connectivity index (χ3n) is 8.85. The summed E-state index contributed by atoms with van der Waals surface area (Å²) in [6.07, 6.45) is 4.79. The van der Waals surface area contributed by atoms with Crippen molar-refractivity contribution in [3.63, 3.8) is 0 Å². The molecule has 1 saturated heterocycles. The number of rotatable bonds is 11. The second-order valence-electron chi connectivity index (χ2n) is 12.2. The van der Waals surface area contributed by atoms with E-state index in [1.54, 1.807) is 31.2 Å². The van der Waals surface area contributed by atoms with Gasteiger partial charge in [0, 0.05) is 66.9 Å². The van der Waals surface area contributed by atoms with E-state index in [2.05, 4.69) is 31.2 Å². The van der Waals surface area contributed by atoms with Gasteiger partial charge in [-0.2, -0.15) is 0 Å². The molecule has 0 spiro atoms. The summed E-state index contributed by atoms with van der Waals surface area (Å²) in [4.78, 5) is 84.4. The molecule has 1 unspecified atom stereocenters. The number of carbonyl (C=O) groups excluding carboxylic acids is 6. The number of anilines is 4. The Morgan fingerprint density at radius 1 is 0.980 bits per heavy atom. The lowest BCUT2D eigenvalue weighted by Crippen LogP contribution is -2.54. The fourth-order valence-electron chi connectivity index (χ4n) is 6.14. The average molecular weight is 696 g/mol. The van der Waals surface area contributed by atoms with Crippen LogP contribution in [0.25, 0.3) is 21.9 Å². The second kappa shape index (κ2) is 14.2. The number of pyridine rings is 2. The van der Waals surface area contributed by atoms with Crippen molar-refractivity contribution in [2.24, 2.45) is 0 Å². The van der Waals surface area contributed by atoms with Crippen LogP contribution in [0.4, 0.5) is 27.3 Å². The molecular formula is C35H34FN9O6. The zero-order valence-electron chi connectivity index (χ0n) is 27.5. The van der Waals surface area contributed by atoms with E-state index in [1.807, 2.05) is 0 Å². The largest absolute Gasteiger partial charge is 0.397 e. The summed E-state index contributed by atoms with van der Waals surface area (Å²) < 4.78 is 15.2. The number of imide groups is 2. The van der Waals surface area contributed by atoms with Gasteiger partial charge in [0.05, 0.1) is 28.7 Å². The van der Waals surface area contributed by atoms with Gasteiger partial charge in [-0.1, -0.05) is 6.07 Å². The van der Waals surface area contributed by atoms with Crippen molar-refractivity contribution in [2.45, 2.75) is 45.1 Å². The number of nitrogens with zero attached hydrogens (tertiary/aromatic N) is 3.